The zero-order chi connectivity index (χ0) is 17.2. The van der Waals surface area contributed by atoms with Gasteiger partial charge in [-0.15, -0.1) is 0 Å². The smallest absolute Gasteiger partial charge is 0.130 e. The van der Waals surface area contributed by atoms with Gasteiger partial charge in [0.1, 0.15) is 17.5 Å². The standard InChI is InChI=1S/C18H15ClN6/c1-11-22-16(13-4-2-3-7-20-13)9-17(23-11)21-10-18-24-14-6-5-12(19)8-15(14)25-18/h2-9H,10H2,1H3,(H,24,25)(H,21,22,23). The first-order valence-corrected chi connectivity index (χ1v) is 8.20. The third-order valence-electron chi connectivity index (χ3n) is 3.70. The van der Waals surface area contributed by atoms with E-state index in [9.17, 15) is 0 Å². The summed E-state index contributed by atoms with van der Waals surface area (Å²) in [6, 6.07) is 13.2. The number of benzene rings is 1. The normalized spacial score (nSPS) is 11.0. The third kappa shape index (κ3) is 3.44. The summed E-state index contributed by atoms with van der Waals surface area (Å²) < 4.78 is 0. The minimum atomic E-state index is 0.518. The molecule has 0 bridgehead atoms. The molecule has 0 aliphatic rings. The summed E-state index contributed by atoms with van der Waals surface area (Å²) >= 11 is 6.01. The number of aromatic nitrogens is 5. The summed E-state index contributed by atoms with van der Waals surface area (Å²) in [6.45, 7) is 2.38. The van der Waals surface area contributed by atoms with E-state index in [1.807, 2.05) is 49.4 Å². The monoisotopic (exact) mass is 350 g/mol. The molecule has 0 unspecified atom stereocenters. The largest absolute Gasteiger partial charge is 0.363 e. The van der Waals surface area contributed by atoms with Crippen molar-refractivity contribution in [3.63, 3.8) is 0 Å². The van der Waals surface area contributed by atoms with Crippen molar-refractivity contribution in [2.24, 2.45) is 0 Å². The Kier molecular flexibility index (Phi) is 4.03. The molecule has 7 heteroatoms. The molecule has 124 valence electrons. The average molecular weight is 351 g/mol. The fourth-order valence-corrected chi connectivity index (χ4v) is 2.77. The van der Waals surface area contributed by atoms with Crippen LogP contribution in [-0.2, 0) is 6.54 Å². The van der Waals surface area contributed by atoms with Crippen molar-refractivity contribution in [1.29, 1.82) is 0 Å². The van der Waals surface area contributed by atoms with Crippen LogP contribution < -0.4 is 5.32 Å². The van der Waals surface area contributed by atoms with Crippen LogP contribution in [0.25, 0.3) is 22.4 Å². The summed E-state index contributed by atoms with van der Waals surface area (Å²) in [7, 11) is 0. The second-order valence-electron chi connectivity index (χ2n) is 5.60. The van der Waals surface area contributed by atoms with Gasteiger partial charge >= 0.3 is 0 Å². The van der Waals surface area contributed by atoms with Gasteiger partial charge in [-0.2, -0.15) is 0 Å². The van der Waals surface area contributed by atoms with Crippen LogP contribution in [0.3, 0.4) is 0 Å². The van der Waals surface area contributed by atoms with E-state index in [1.165, 1.54) is 0 Å². The van der Waals surface area contributed by atoms with Crippen LogP contribution in [0.4, 0.5) is 5.82 Å². The van der Waals surface area contributed by atoms with Gasteiger partial charge in [0.25, 0.3) is 0 Å². The van der Waals surface area contributed by atoms with E-state index < -0.39 is 0 Å². The SMILES string of the molecule is Cc1nc(NCc2nc3ccc(Cl)cc3[nH]2)cc(-c2ccccn2)n1. The van der Waals surface area contributed by atoms with Gasteiger partial charge in [0, 0.05) is 17.3 Å². The second-order valence-corrected chi connectivity index (χ2v) is 6.04. The predicted octanol–water partition coefficient (Wildman–Crippen LogP) is 3.99. The summed E-state index contributed by atoms with van der Waals surface area (Å²) in [6.07, 6.45) is 1.75. The van der Waals surface area contributed by atoms with E-state index in [4.69, 9.17) is 11.6 Å². The topological polar surface area (TPSA) is 79.4 Å². The Morgan fingerprint density at radius 1 is 1.04 bits per heavy atom. The highest BCUT2D eigenvalue weighted by Crippen LogP contribution is 2.19. The minimum Gasteiger partial charge on any atom is -0.363 e. The minimum absolute atomic E-state index is 0.518. The highest BCUT2D eigenvalue weighted by molar-refractivity contribution is 6.31. The Morgan fingerprint density at radius 3 is 2.80 bits per heavy atom. The van der Waals surface area contributed by atoms with Crippen molar-refractivity contribution in [1.82, 2.24) is 24.9 Å². The second kappa shape index (κ2) is 6.49. The summed E-state index contributed by atoms with van der Waals surface area (Å²) in [4.78, 5) is 21.0. The van der Waals surface area contributed by atoms with Crippen LogP contribution >= 0.6 is 11.6 Å². The molecule has 0 radical (unpaired) electrons. The van der Waals surface area contributed by atoms with Crippen molar-refractivity contribution in [2.75, 3.05) is 5.32 Å². The quantitative estimate of drug-likeness (QED) is 0.581. The van der Waals surface area contributed by atoms with Crippen molar-refractivity contribution < 1.29 is 0 Å². The lowest BCUT2D eigenvalue weighted by atomic mass is 10.2. The molecular weight excluding hydrogens is 336 g/mol. The number of anilines is 1. The van der Waals surface area contributed by atoms with Gasteiger partial charge in [-0.3, -0.25) is 4.98 Å². The predicted molar refractivity (Wildman–Crippen MR) is 98.4 cm³/mol. The van der Waals surface area contributed by atoms with E-state index in [-0.39, 0.29) is 0 Å². The lowest BCUT2D eigenvalue weighted by molar-refractivity contribution is 0.975. The number of pyridine rings is 1. The fourth-order valence-electron chi connectivity index (χ4n) is 2.60. The first kappa shape index (κ1) is 15.5. The molecule has 0 atom stereocenters. The number of fused-ring (bicyclic) bond motifs is 1. The van der Waals surface area contributed by atoms with Gasteiger partial charge < -0.3 is 10.3 Å². The van der Waals surface area contributed by atoms with Gasteiger partial charge in [0.2, 0.25) is 0 Å². The number of rotatable bonds is 4. The van der Waals surface area contributed by atoms with E-state index in [0.717, 1.165) is 34.1 Å². The number of hydrogen-bond acceptors (Lipinski definition) is 5. The number of nitrogens with zero attached hydrogens (tertiary/aromatic N) is 4. The number of aryl methyl sites for hydroxylation is 1. The molecule has 0 spiro atoms. The Balaban J connectivity index is 1.57. The molecule has 0 aliphatic heterocycles. The van der Waals surface area contributed by atoms with Crippen LogP contribution in [0.15, 0.2) is 48.7 Å². The summed E-state index contributed by atoms with van der Waals surface area (Å²) in [5, 5.41) is 3.96. The van der Waals surface area contributed by atoms with Crippen molar-refractivity contribution in [2.45, 2.75) is 13.5 Å². The molecule has 3 heterocycles. The van der Waals surface area contributed by atoms with Crippen LogP contribution in [0.5, 0.6) is 0 Å². The fraction of sp³-hybridized carbons (Fsp3) is 0.111. The first-order valence-electron chi connectivity index (χ1n) is 7.82. The number of imidazole rings is 1. The number of halogens is 1. The Morgan fingerprint density at radius 2 is 1.96 bits per heavy atom. The van der Waals surface area contributed by atoms with Crippen molar-refractivity contribution in [3.8, 4) is 11.4 Å². The number of H-pyrrole nitrogens is 1. The molecule has 4 rings (SSSR count). The van der Waals surface area contributed by atoms with E-state index in [2.05, 4.69) is 30.2 Å². The van der Waals surface area contributed by atoms with Crippen molar-refractivity contribution in [3.05, 3.63) is 65.3 Å². The molecule has 0 saturated heterocycles. The molecule has 0 fully saturated rings. The molecule has 6 nitrogen and oxygen atoms in total. The summed E-state index contributed by atoms with van der Waals surface area (Å²) in [5.41, 5.74) is 3.40. The highest BCUT2D eigenvalue weighted by Gasteiger charge is 2.07. The van der Waals surface area contributed by atoms with Crippen LogP contribution in [0, 0.1) is 6.92 Å². The number of nitrogens with one attached hydrogen (secondary N) is 2. The van der Waals surface area contributed by atoms with Gasteiger partial charge in [-0.1, -0.05) is 17.7 Å². The van der Waals surface area contributed by atoms with Gasteiger partial charge in [0.05, 0.1) is 29.0 Å². The molecule has 2 N–H and O–H groups in total. The van der Waals surface area contributed by atoms with Gasteiger partial charge in [0.15, 0.2) is 0 Å². The zero-order valence-electron chi connectivity index (χ0n) is 13.5. The maximum Gasteiger partial charge on any atom is 0.130 e. The molecular formula is C18H15ClN6. The number of aromatic amines is 1. The molecule has 0 amide bonds. The highest BCUT2D eigenvalue weighted by atomic mass is 35.5. The van der Waals surface area contributed by atoms with E-state index >= 15 is 0 Å². The molecule has 25 heavy (non-hydrogen) atoms. The van der Waals surface area contributed by atoms with Crippen LogP contribution in [0.1, 0.15) is 11.6 Å². The lowest BCUT2D eigenvalue weighted by Gasteiger charge is -2.07. The van der Waals surface area contributed by atoms with Gasteiger partial charge in [-0.25, -0.2) is 15.0 Å². The zero-order valence-corrected chi connectivity index (χ0v) is 14.2. The number of hydrogen-bond donors (Lipinski definition) is 2. The maximum atomic E-state index is 6.01. The Bertz CT molecular complexity index is 1030. The molecule has 4 aromatic rings. The summed E-state index contributed by atoms with van der Waals surface area (Å²) in [5.74, 6) is 2.22. The van der Waals surface area contributed by atoms with Crippen LogP contribution in [-0.4, -0.2) is 24.9 Å². The van der Waals surface area contributed by atoms with E-state index in [0.29, 0.717) is 17.4 Å². The Labute approximate surface area is 149 Å². The maximum absolute atomic E-state index is 6.01. The van der Waals surface area contributed by atoms with Crippen LogP contribution in [0.2, 0.25) is 5.02 Å². The molecule has 3 aromatic heterocycles. The van der Waals surface area contributed by atoms with Crippen molar-refractivity contribution >= 4 is 28.5 Å². The lowest BCUT2D eigenvalue weighted by Crippen LogP contribution is -2.05. The molecule has 0 aliphatic carbocycles. The Hall–Kier alpha value is -2.99. The third-order valence-corrected chi connectivity index (χ3v) is 3.93. The van der Waals surface area contributed by atoms with E-state index in [1.54, 1.807) is 6.20 Å². The average Bonchev–Trinajstić information content (AvgIpc) is 3.02. The first-order chi connectivity index (χ1) is 12.2. The molecule has 1 aromatic carbocycles. The van der Waals surface area contributed by atoms with Gasteiger partial charge in [-0.05, 0) is 37.3 Å². The molecule has 0 saturated carbocycles.